The van der Waals surface area contributed by atoms with Crippen LogP contribution in [0.4, 0.5) is 11.4 Å². The van der Waals surface area contributed by atoms with Crippen LogP contribution in [0.1, 0.15) is 10.4 Å². The number of phenolic OH excluding ortho intramolecular Hbond substituents is 2. The summed E-state index contributed by atoms with van der Waals surface area (Å²) >= 11 is 0. The number of hydrogen-bond acceptors (Lipinski definition) is 7. The molecule has 0 heterocycles. The van der Waals surface area contributed by atoms with E-state index in [2.05, 4.69) is 10.2 Å². The van der Waals surface area contributed by atoms with Crippen LogP contribution in [0.5, 0.6) is 11.5 Å². The summed E-state index contributed by atoms with van der Waals surface area (Å²) in [5.41, 5.74) is 6.01. The van der Waals surface area contributed by atoms with Gasteiger partial charge in [0.2, 0.25) is 0 Å². The molecule has 0 atom stereocenters. The van der Waals surface area contributed by atoms with Crippen LogP contribution in [-0.2, 0) is 4.74 Å². The van der Waals surface area contributed by atoms with Gasteiger partial charge in [0, 0.05) is 12.6 Å². The number of carbonyl (C=O) groups excluding carboxylic acids is 1. The molecule has 7 nitrogen and oxygen atoms in total. The molecule has 0 aliphatic carbocycles. The maximum absolute atomic E-state index is 11.9. The highest BCUT2D eigenvalue weighted by atomic mass is 16.5. The van der Waals surface area contributed by atoms with Crippen molar-refractivity contribution < 1.29 is 19.7 Å². The number of ether oxygens (including phenoxy) is 1. The second-order valence-electron chi connectivity index (χ2n) is 4.31. The Morgan fingerprint density at radius 1 is 1.09 bits per heavy atom. The van der Waals surface area contributed by atoms with Gasteiger partial charge in [-0.25, -0.2) is 4.79 Å². The monoisotopic (exact) mass is 301 g/mol. The van der Waals surface area contributed by atoms with Gasteiger partial charge >= 0.3 is 5.97 Å². The Labute approximate surface area is 126 Å². The van der Waals surface area contributed by atoms with Crippen molar-refractivity contribution in [1.82, 2.24) is 0 Å². The summed E-state index contributed by atoms with van der Waals surface area (Å²) < 4.78 is 4.96. The standard InChI is InChI=1S/C15H15N3O4/c16-7-8-22-15(21)11-3-1-2-4-12(11)17-18-13-6-5-10(19)9-14(13)20/h1-6,9,19-20H,7-8,16H2. The number of carbonyl (C=O) groups is 1. The average molecular weight is 301 g/mol. The zero-order valence-electron chi connectivity index (χ0n) is 11.6. The fraction of sp³-hybridized carbons (Fsp3) is 0.133. The van der Waals surface area contributed by atoms with Crippen molar-refractivity contribution in [3.05, 3.63) is 48.0 Å². The molecule has 2 aromatic rings. The van der Waals surface area contributed by atoms with Crippen molar-refractivity contribution in [3.63, 3.8) is 0 Å². The zero-order valence-corrected chi connectivity index (χ0v) is 11.6. The van der Waals surface area contributed by atoms with Gasteiger partial charge in [0.1, 0.15) is 29.5 Å². The topological polar surface area (TPSA) is 118 Å². The zero-order chi connectivity index (χ0) is 15.9. The highest BCUT2D eigenvalue weighted by molar-refractivity contribution is 5.94. The van der Waals surface area contributed by atoms with E-state index in [9.17, 15) is 15.0 Å². The number of azo groups is 1. The third-order valence-corrected chi connectivity index (χ3v) is 2.70. The Morgan fingerprint density at radius 3 is 2.55 bits per heavy atom. The molecule has 0 saturated carbocycles. The third-order valence-electron chi connectivity index (χ3n) is 2.70. The van der Waals surface area contributed by atoms with Crippen LogP contribution >= 0.6 is 0 Å². The molecule has 0 amide bonds. The lowest BCUT2D eigenvalue weighted by molar-refractivity contribution is 0.0517. The third kappa shape index (κ3) is 3.80. The van der Waals surface area contributed by atoms with Gasteiger partial charge in [0.25, 0.3) is 0 Å². The molecule has 0 fully saturated rings. The fourth-order valence-electron chi connectivity index (χ4n) is 1.67. The Morgan fingerprint density at radius 2 is 1.82 bits per heavy atom. The quantitative estimate of drug-likeness (QED) is 0.579. The van der Waals surface area contributed by atoms with E-state index in [4.69, 9.17) is 10.5 Å². The number of rotatable bonds is 5. The summed E-state index contributed by atoms with van der Waals surface area (Å²) in [5, 5.41) is 26.7. The lowest BCUT2D eigenvalue weighted by Gasteiger charge is -2.05. The maximum Gasteiger partial charge on any atom is 0.340 e. The number of nitrogens with two attached hydrogens (primary N) is 1. The van der Waals surface area contributed by atoms with Crippen molar-refractivity contribution in [2.75, 3.05) is 13.2 Å². The van der Waals surface area contributed by atoms with E-state index < -0.39 is 5.97 Å². The molecule has 0 bridgehead atoms. The molecule has 0 spiro atoms. The minimum atomic E-state index is -0.546. The summed E-state index contributed by atoms with van der Waals surface area (Å²) in [6.45, 7) is 0.347. The van der Waals surface area contributed by atoms with Crippen LogP contribution in [0.25, 0.3) is 0 Å². The maximum atomic E-state index is 11.9. The number of esters is 1. The largest absolute Gasteiger partial charge is 0.508 e. The summed E-state index contributed by atoms with van der Waals surface area (Å²) in [7, 11) is 0. The molecule has 0 unspecified atom stereocenters. The van der Waals surface area contributed by atoms with Gasteiger partial charge in [-0.3, -0.25) is 0 Å². The van der Waals surface area contributed by atoms with E-state index in [1.54, 1.807) is 24.3 Å². The molecular weight excluding hydrogens is 286 g/mol. The summed E-state index contributed by atoms with van der Waals surface area (Å²) in [4.78, 5) is 11.9. The molecule has 0 aliphatic rings. The summed E-state index contributed by atoms with van der Waals surface area (Å²) in [6, 6.07) is 10.5. The molecule has 22 heavy (non-hydrogen) atoms. The molecule has 2 aromatic carbocycles. The highest BCUT2D eigenvalue weighted by Crippen LogP contribution is 2.31. The molecule has 0 aliphatic heterocycles. The Hall–Kier alpha value is -2.93. The van der Waals surface area contributed by atoms with Crippen molar-refractivity contribution in [2.24, 2.45) is 16.0 Å². The molecule has 0 radical (unpaired) electrons. The summed E-state index contributed by atoms with van der Waals surface area (Å²) in [6.07, 6.45) is 0. The summed E-state index contributed by atoms with van der Waals surface area (Å²) in [5.74, 6) is -0.843. The number of benzene rings is 2. The van der Waals surface area contributed by atoms with Gasteiger partial charge in [-0.1, -0.05) is 12.1 Å². The van der Waals surface area contributed by atoms with E-state index in [0.29, 0.717) is 5.69 Å². The molecule has 114 valence electrons. The molecule has 0 aromatic heterocycles. The van der Waals surface area contributed by atoms with Gasteiger partial charge in [0.15, 0.2) is 0 Å². The van der Waals surface area contributed by atoms with E-state index in [1.165, 1.54) is 12.1 Å². The number of nitrogens with zero attached hydrogens (tertiary/aromatic N) is 2. The fourth-order valence-corrected chi connectivity index (χ4v) is 1.67. The predicted molar refractivity (Wildman–Crippen MR) is 79.7 cm³/mol. The lowest BCUT2D eigenvalue weighted by Crippen LogP contribution is -2.13. The lowest BCUT2D eigenvalue weighted by atomic mass is 10.2. The normalized spacial score (nSPS) is 10.8. The molecular formula is C15H15N3O4. The highest BCUT2D eigenvalue weighted by Gasteiger charge is 2.12. The molecule has 7 heteroatoms. The molecule has 2 rings (SSSR count). The van der Waals surface area contributed by atoms with Gasteiger partial charge in [-0.15, -0.1) is 10.2 Å². The first-order valence-corrected chi connectivity index (χ1v) is 6.51. The van der Waals surface area contributed by atoms with Crippen molar-refractivity contribution >= 4 is 17.3 Å². The minimum Gasteiger partial charge on any atom is -0.508 e. The van der Waals surface area contributed by atoms with Gasteiger partial charge in [0.05, 0.1) is 5.56 Å². The molecule has 4 N–H and O–H groups in total. The second-order valence-corrected chi connectivity index (χ2v) is 4.31. The number of phenols is 2. The van der Waals surface area contributed by atoms with Crippen molar-refractivity contribution in [2.45, 2.75) is 0 Å². The minimum absolute atomic E-state index is 0.0813. The van der Waals surface area contributed by atoms with Crippen LogP contribution in [-0.4, -0.2) is 29.3 Å². The smallest absolute Gasteiger partial charge is 0.340 e. The van der Waals surface area contributed by atoms with Crippen LogP contribution in [0.15, 0.2) is 52.7 Å². The van der Waals surface area contributed by atoms with Crippen LogP contribution in [0.2, 0.25) is 0 Å². The predicted octanol–water partition coefficient (Wildman–Crippen LogP) is 2.63. The Balaban J connectivity index is 2.25. The number of aromatic hydroxyl groups is 2. The van der Waals surface area contributed by atoms with E-state index >= 15 is 0 Å². The van der Waals surface area contributed by atoms with Crippen LogP contribution in [0.3, 0.4) is 0 Å². The first-order valence-electron chi connectivity index (χ1n) is 6.51. The van der Waals surface area contributed by atoms with Gasteiger partial charge in [-0.05, 0) is 24.3 Å². The second kappa shape index (κ2) is 7.19. The first kappa shape index (κ1) is 15.5. The SMILES string of the molecule is NCCOC(=O)c1ccccc1N=Nc1ccc(O)cc1O. The Kier molecular flexibility index (Phi) is 5.05. The van der Waals surface area contributed by atoms with E-state index in [1.807, 2.05) is 0 Å². The Bertz CT molecular complexity index is 701. The first-order chi connectivity index (χ1) is 10.6. The van der Waals surface area contributed by atoms with Crippen LogP contribution < -0.4 is 5.73 Å². The van der Waals surface area contributed by atoms with Gasteiger partial charge < -0.3 is 20.7 Å². The van der Waals surface area contributed by atoms with Gasteiger partial charge in [-0.2, -0.15) is 0 Å². The van der Waals surface area contributed by atoms with Crippen molar-refractivity contribution in [3.8, 4) is 11.5 Å². The molecule has 0 saturated heterocycles. The number of hydrogen-bond donors (Lipinski definition) is 3. The average Bonchev–Trinajstić information content (AvgIpc) is 2.52. The van der Waals surface area contributed by atoms with E-state index in [-0.39, 0.29) is 35.9 Å². The van der Waals surface area contributed by atoms with E-state index in [0.717, 1.165) is 6.07 Å². The van der Waals surface area contributed by atoms with Crippen molar-refractivity contribution in [1.29, 1.82) is 0 Å². The van der Waals surface area contributed by atoms with Crippen LogP contribution in [0, 0.1) is 0 Å².